The molecule has 2 rings (SSSR count). The van der Waals surface area contributed by atoms with Gasteiger partial charge in [0.25, 0.3) is 0 Å². The van der Waals surface area contributed by atoms with Crippen LogP contribution in [0.3, 0.4) is 0 Å². The molecule has 0 saturated carbocycles. The summed E-state index contributed by atoms with van der Waals surface area (Å²) in [6, 6.07) is 7.85. The van der Waals surface area contributed by atoms with Crippen LogP contribution in [0.25, 0.3) is 0 Å². The van der Waals surface area contributed by atoms with E-state index in [2.05, 4.69) is 0 Å². The molecule has 0 amide bonds. The van der Waals surface area contributed by atoms with E-state index in [1.807, 2.05) is 24.3 Å². The van der Waals surface area contributed by atoms with Crippen LogP contribution in [0.4, 0.5) is 0 Å². The normalized spacial score (nSPS) is 20.2. The fraction of sp³-hybridized carbons (Fsp3) is 0.222. The van der Waals surface area contributed by atoms with Gasteiger partial charge in [-0.2, -0.15) is 0 Å². The van der Waals surface area contributed by atoms with Crippen LogP contribution in [-0.2, 0) is 12.6 Å². The predicted octanol–water partition coefficient (Wildman–Crippen LogP) is -1.55. The molecule has 1 atom stereocenters. The molecule has 1 heterocycles. The van der Waals surface area contributed by atoms with Crippen LogP contribution in [0, 0.1) is 3.57 Å². The first kappa shape index (κ1) is 8.96. The third kappa shape index (κ3) is 1.83. The van der Waals surface area contributed by atoms with E-state index in [0.717, 1.165) is 5.56 Å². The molecule has 4 heteroatoms. The standard InChI is InChI=1S/C9H8IO3/c1-6(11)12-9-7-4-2-3-5-8(7)10-13-9/h2-5,9H,1H3/q-1. The zero-order chi connectivity index (χ0) is 9.26. The number of hydrogen-bond donors (Lipinski definition) is 0. The van der Waals surface area contributed by atoms with Gasteiger partial charge in [-0.25, -0.2) is 0 Å². The average molecular weight is 291 g/mol. The van der Waals surface area contributed by atoms with Crippen molar-refractivity contribution in [3.63, 3.8) is 0 Å². The number of esters is 1. The van der Waals surface area contributed by atoms with Gasteiger partial charge in [0.1, 0.15) is 0 Å². The Morgan fingerprint density at radius 2 is 2.31 bits per heavy atom. The molecule has 0 bridgehead atoms. The fourth-order valence-corrected chi connectivity index (χ4v) is 3.03. The van der Waals surface area contributed by atoms with Crippen molar-refractivity contribution in [1.29, 1.82) is 0 Å². The van der Waals surface area contributed by atoms with Crippen molar-refractivity contribution in [3.05, 3.63) is 33.4 Å². The second kappa shape index (κ2) is 3.63. The monoisotopic (exact) mass is 291 g/mol. The van der Waals surface area contributed by atoms with Crippen molar-refractivity contribution in [1.82, 2.24) is 0 Å². The first-order chi connectivity index (χ1) is 6.27. The summed E-state index contributed by atoms with van der Waals surface area (Å²) >= 11 is -0.427. The molecule has 1 unspecified atom stereocenters. The number of benzene rings is 1. The Balaban J connectivity index is 2.23. The van der Waals surface area contributed by atoms with E-state index in [9.17, 15) is 4.79 Å². The van der Waals surface area contributed by atoms with Crippen LogP contribution in [0.2, 0.25) is 0 Å². The van der Waals surface area contributed by atoms with Crippen molar-refractivity contribution < 1.29 is 34.2 Å². The Bertz CT molecular complexity index is 337. The average Bonchev–Trinajstić information content (AvgIpc) is 2.48. The number of carbonyl (C=O) groups excluding carboxylic acids is 1. The molecular formula is C9H8IO3-. The second-order valence-corrected chi connectivity index (χ2v) is 4.74. The minimum atomic E-state index is -0.457. The number of carbonyl (C=O) groups is 1. The van der Waals surface area contributed by atoms with Gasteiger partial charge in [-0.3, -0.25) is 0 Å². The Kier molecular flexibility index (Phi) is 2.50. The molecule has 0 fully saturated rings. The summed E-state index contributed by atoms with van der Waals surface area (Å²) in [7, 11) is 0. The molecule has 0 aliphatic carbocycles. The van der Waals surface area contributed by atoms with E-state index in [1.54, 1.807) is 0 Å². The van der Waals surface area contributed by atoms with E-state index in [0.29, 0.717) is 0 Å². The van der Waals surface area contributed by atoms with E-state index in [1.165, 1.54) is 10.5 Å². The Labute approximate surface area is 86.8 Å². The second-order valence-electron chi connectivity index (χ2n) is 2.63. The van der Waals surface area contributed by atoms with Gasteiger partial charge in [0.05, 0.1) is 0 Å². The summed E-state index contributed by atoms with van der Waals surface area (Å²) in [5, 5.41) is 0. The number of rotatable bonds is 1. The van der Waals surface area contributed by atoms with Gasteiger partial charge in [-0.15, -0.1) is 0 Å². The number of fused-ring (bicyclic) bond motifs is 1. The third-order valence-electron chi connectivity index (χ3n) is 1.64. The maximum absolute atomic E-state index is 10.7. The molecule has 1 aliphatic heterocycles. The Hall–Kier alpha value is -0.620. The molecule has 0 aromatic heterocycles. The molecular weight excluding hydrogens is 283 g/mol. The molecule has 13 heavy (non-hydrogen) atoms. The third-order valence-corrected chi connectivity index (χ3v) is 3.81. The molecule has 0 N–H and O–H groups in total. The van der Waals surface area contributed by atoms with Gasteiger partial charge in [0.2, 0.25) is 0 Å². The van der Waals surface area contributed by atoms with Crippen LogP contribution in [0.1, 0.15) is 18.8 Å². The summed E-state index contributed by atoms with van der Waals surface area (Å²) in [5.41, 5.74) is 1.01. The summed E-state index contributed by atoms with van der Waals surface area (Å²) < 4.78 is 11.6. The zero-order valence-electron chi connectivity index (χ0n) is 6.99. The summed E-state index contributed by atoms with van der Waals surface area (Å²) in [6.07, 6.45) is -0.457. The first-order valence-electron chi connectivity index (χ1n) is 3.84. The van der Waals surface area contributed by atoms with E-state index < -0.39 is 27.9 Å². The molecule has 1 aliphatic rings. The van der Waals surface area contributed by atoms with Gasteiger partial charge in [0.15, 0.2) is 0 Å². The Morgan fingerprint density at radius 3 is 3.08 bits per heavy atom. The first-order valence-corrected chi connectivity index (χ1v) is 5.80. The minimum absolute atomic E-state index is 0.300. The van der Waals surface area contributed by atoms with E-state index in [-0.39, 0.29) is 5.97 Å². The van der Waals surface area contributed by atoms with Gasteiger partial charge in [-0.05, 0) is 0 Å². The van der Waals surface area contributed by atoms with Crippen LogP contribution in [-0.4, -0.2) is 5.97 Å². The van der Waals surface area contributed by atoms with Gasteiger partial charge >= 0.3 is 86.8 Å². The molecule has 0 radical (unpaired) electrons. The number of ether oxygens (including phenoxy) is 1. The molecule has 0 spiro atoms. The van der Waals surface area contributed by atoms with Crippen LogP contribution < -0.4 is 21.6 Å². The van der Waals surface area contributed by atoms with Crippen LogP contribution >= 0.6 is 0 Å². The van der Waals surface area contributed by atoms with Crippen LogP contribution in [0.15, 0.2) is 24.3 Å². The van der Waals surface area contributed by atoms with Crippen molar-refractivity contribution in [3.8, 4) is 0 Å². The van der Waals surface area contributed by atoms with Crippen molar-refractivity contribution in [2.24, 2.45) is 0 Å². The topological polar surface area (TPSA) is 35.5 Å². The summed E-state index contributed by atoms with van der Waals surface area (Å²) in [6.45, 7) is 1.39. The molecule has 70 valence electrons. The SMILES string of the molecule is CC(=O)OC1O[I-]c2ccccc21. The quantitative estimate of drug-likeness (QED) is 0.464. The van der Waals surface area contributed by atoms with Crippen LogP contribution in [0.5, 0.6) is 0 Å². The fourth-order valence-electron chi connectivity index (χ4n) is 1.11. The Morgan fingerprint density at radius 1 is 1.54 bits per heavy atom. The van der Waals surface area contributed by atoms with Gasteiger partial charge in [-0.1, -0.05) is 0 Å². The number of halogens is 1. The predicted molar refractivity (Wildman–Crippen MR) is 40.7 cm³/mol. The van der Waals surface area contributed by atoms with Crippen molar-refractivity contribution in [2.45, 2.75) is 13.2 Å². The maximum atomic E-state index is 10.7. The molecule has 1 aromatic carbocycles. The number of hydrogen-bond acceptors (Lipinski definition) is 3. The zero-order valence-corrected chi connectivity index (χ0v) is 9.15. The van der Waals surface area contributed by atoms with Crippen molar-refractivity contribution in [2.75, 3.05) is 0 Å². The van der Waals surface area contributed by atoms with Gasteiger partial charge in [0, 0.05) is 0 Å². The molecule has 0 saturated heterocycles. The molecule has 3 nitrogen and oxygen atoms in total. The summed E-state index contributed by atoms with van der Waals surface area (Å²) in [4.78, 5) is 10.7. The van der Waals surface area contributed by atoms with E-state index in [4.69, 9.17) is 7.80 Å². The van der Waals surface area contributed by atoms with E-state index >= 15 is 0 Å². The van der Waals surface area contributed by atoms with Gasteiger partial charge < -0.3 is 0 Å². The summed E-state index contributed by atoms with van der Waals surface area (Å²) in [5.74, 6) is -0.300. The van der Waals surface area contributed by atoms with Crippen molar-refractivity contribution >= 4 is 5.97 Å². The molecule has 1 aromatic rings.